The number of carbonyl (C=O) groups is 1. The molecule has 0 saturated heterocycles. The zero-order chi connectivity index (χ0) is 16.8. The molecule has 2 N–H and O–H groups in total. The molecule has 1 aromatic heterocycles. The number of aryl methyl sites for hydroxylation is 1. The fourth-order valence-electron chi connectivity index (χ4n) is 1.96. The fraction of sp³-hybridized carbons (Fsp3) is 0.333. The number of nitro groups is 1. The Morgan fingerprint density at radius 3 is 2.87 bits per heavy atom. The van der Waals surface area contributed by atoms with Gasteiger partial charge in [0.05, 0.1) is 4.92 Å². The second-order valence-corrected chi connectivity index (χ2v) is 6.03. The molecule has 0 unspecified atom stereocenters. The van der Waals surface area contributed by atoms with Gasteiger partial charge in [0, 0.05) is 17.8 Å². The van der Waals surface area contributed by atoms with Crippen molar-refractivity contribution in [2.24, 2.45) is 0 Å². The Hall–Kier alpha value is -2.48. The van der Waals surface area contributed by atoms with E-state index in [0.29, 0.717) is 5.56 Å². The molecular formula is C15H18N4O3S. The number of benzene rings is 1. The van der Waals surface area contributed by atoms with Crippen LogP contribution < -0.4 is 10.6 Å². The smallest absolute Gasteiger partial charge is 0.345 e. The second kappa shape index (κ2) is 7.68. The summed E-state index contributed by atoms with van der Waals surface area (Å²) < 4.78 is 0. The van der Waals surface area contributed by atoms with Gasteiger partial charge < -0.3 is 5.32 Å². The average Bonchev–Trinajstić information content (AvgIpc) is 2.98. The third kappa shape index (κ3) is 4.49. The van der Waals surface area contributed by atoms with E-state index in [-0.39, 0.29) is 16.0 Å². The third-order valence-electron chi connectivity index (χ3n) is 3.24. The molecule has 0 aliphatic carbocycles. The van der Waals surface area contributed by atoms with Crippen LogP contribution in [0.3, 0.4) is 0 Å². The summed E-state index contributed by atoms with van der Waals surface area (Å²) in [4.78, 5) is 26.3. The van der Waals surface area contributed by atoms with Crippen molar-refractivity contribution < 1.29 is 9.72 Å². The zero-order valence-corrected chi connectivity index (χ0v) is 13.8. The number of rotatable bonds is 7. The lowest BCUT2D eigenvalue weighted by atomic mass is 10.1. The Morgan fingerprint density at radius 2 is 2.22 bits per heavy atom. The van der Waals surface area contributed by atoms with Gasteiger partial charge in [0.25, 0.3) is 5.91 Å². The number of nitrogens with zero attached hydrogens (tertiary/aromatic N) is 2. The topological polar surface area (TPSA) is 97.2 Å². The van der Waals surface area contributed by atoms with Crippen LogP contribution in [-0.2, 0) is 0 Å². The summed E-state index contributed by atoms with van der Waals surface area (Å²) in [5.41, 5.74) is 2.22. The van der Waals surface area contributed by atoms with Crippen molar-refractivity contribution in [1.82, 2.24) is 4.98 Å². The van der Waals surface area contributed by atoms with Crippen molar-refractivity contribution in [3.8, 4) is 0 Å². The van der Waals surface area contributed by atoms with Gasteiger partial charge in [0.2, 0.25) is 0 Å². The highest BCUT2D eigenvalue weighted by Gasteiger charge is 2.16. The second-order valence-electron chi connectivity index (χ2n) is 5.02. The maximum Gasteiger partial charge on any atom is 0.345 e. The van der Waals surface area contributed by atoms with Crippen LogP contribution in [0.25, 0.3) is 0 Å². The number of unbranched alkanes of at least 4 members (excludes halogenated alkanes) is 1. The summed E-state index contributed by atoms with van der Waals surface area (Å²) in [6.45, 7) is 4.80. The van der Waals surface area contributed by atoms with Crippen molar-refractivity contribution in [2.45, 2.75) is 26.7 Å². The number of anilines is 2. The highest BCUT2D eigenvalue weighted by Crippen LogP contribution is 2.26. The van der Waals surface area contributed by atoms with Crippen LogP contribution in [-0.4, -0.2) is 22.4 Å². The molecule has 1 heterocycles. The first kappa shape index (κ1) is 16.9. The van der Waals surface area contributed by atoms with Gasteiger partial charge in [-0.25, -0.2) is 4.98 Å². The molecule has 1 amide bonds. The Bertz CT molecular complexity index is 714. The van der Waals surface area contributed by atoms with Crippen molar-refractivity contribution >= 4 is 33.1 Å². The molecule has 0 atom stereocenters. The van der Waals surface area contributed by atoms with Crippen LogP contribution >= 0.6 is 11.3 Å². The standard InChI is InChI=1S/C15H18N4O3S/c1-3-4-7-16-11-6-5-10(2)12(8-11)14(20)18-15-17-9-13(23-15)19(21)22/h5-6,8-9,16H,3-4,7H2,1-2H3,(H,17,18,20). The predicted octanol–water partition coefficient (Wildman–Crippen LogP) is 3.82. The van der Waals surface area contributed by atoms with Crippen molar-refractivity contribution in [1.29, 1.82) is 0 Å². The van der Waals surface area contributed by atoms with Gasteiger partial charge in [-0.05, 0) is 42.4 Å². The van der Waals surface area contributed by atoms with Crippen LogP contribution in [0.1, 0.15) is 35.7 Å². The quantitative estimate of drug-likeness (QED) is 0.456. The largest absolute Gasteiger partial charge is 0.385 e. The minimum absolute atomic E-state index is 0.105. The molecule has 0 bridgehead atoms. The van der Waals surface area contributed by atoms with Gasteiger partial charge in [-0.3, -0.25) is 20.2 Å². The number of aromatic nitrogens is 1. The van der Waals surface area contributed by atoms with Crippen molar-refractivity contribution in [2.75, 3.05) is 17.2 Å². The highest BCUT2D eigenvalue weighted by atomic mass is 32.1. The first-order chi connectivity index (χ1) is 11.0. The van der Waals surface area contributed by atoms with E-state index in [1.807, 2.05) is 19.1 Å². The van der Waals surface area contributed by atoms with E-state index < -0.39 is 4.92 Å². The van der Waals surface area contributed by atoms with Crippen LogP contribution in [0, 0.1) is 17.0 Å². The summed E-state index contributed by atoms with van der Waals surface area (Å²) in [6.07, 6.45) is 3.28. The lowest BCUT2D eigenvalue weighted by Crippen LogP contribution is -2.14. The van der Waals surface area contributed by atoms with Crippen LogP contribution in [0.5, 0.6) is 0 Å². The van der Waals surface area contributed by atoms with Crippen molar-refractivity contribution in [3.63, 3.8) is 0 Å². The first-order valence-electron chi connectivity index (χ1n) is 7.27. The maximum absolute atomic E-state index is 12.4. The molecule has 0 aliphatic heterocycles. The molecular weight excluding hydrogens is 316 g/mol. The molecule has 0 saturated carbocycles. The van der Waals surface area contributed by atoms with E-state index in [1.54, 1.807) is 6.07 Å². The molecule has 23 heavy (non-hydrogen) atoms. The van der Waals surface area contributed by atoms with E-state index in [2.05, 4.69) is 22.5 Å². The minimum Gasteiger partial charge on any atom is -0.385 e. The van der Waals surface area contributed by atoms with Crippen LogP contribution in [0.15, 0.2) is 24.4 Å². The predicted molar refractivity (Wildman–Crippen MR) is 91.3 cm³/mol. The summed E-state index contributed by atoms with van der Waals surface area (Å²) in [6, 6.07) is 5.58. The Morgan fingerprint density at radius 1 is 1.43 bits per heavy atom. The number of amides is 1. The summed E-state index contributed by atoms with van der Waals surface area (Å²) >= 11 is 0.833. The SMILES string of the molecule is CCCCNc1ccc(C)c(C(=O)Nc2ncc([N+](=O)[O-])s2)c1. The average molecular weight is 334 g/mol. The number of hydrogen-bond acceptors (Lipinski definition) is 6. The van der Waals surface area contributed by atoms with Crippen LogP contribution in [0.2, 0.25) is 0 Å². The summed E-state index contributed by atoms with van der Waals surface area (Å²) in [5, 5.41) is 16.6. The molecule has 7 nitrogen and oxygen atoms in total. The first-order valence-corrected chi connectivity index (χ1v) is 8.09. The Kier molecular flexibility index (Phi) is 5.64. The number of hydrogen-bond donors (Lipinski definition) is 2. The van der Waals surface area contributed by atoms with Crippen molar-refractivity contribution in [3.05, 3.63) is 45.6 Å². The van der Waals surface area contributed by atoms with E-state index >= 15 is 0 Å². The molecule has 122 valence electrons. The fourth-order valence-corrected chi connectivity index (χ4v) is 2.59. The summed E-state index contributed by atoms with van der Waals surface area (Å²) in [5.74, 6) is -0.328. The van der Waals surface area contributed by atoms with E-state index in [4.69, 9.17) is 0 Å². The normalized spacial score (nSPS) is 10.3. The minimum atomic E-state index is -0.531. The third-order valence-corrected chi connectivity index (χ3v) is 4.10. The molecule has 0 spiro atoms. The van der Waals surface area contributed by atoms with E-state index in [1.165, 1.54) is 0 Å². The highest BCUT2D eigenvalue weighted by molar-refractivity contribution is 7.18. The molecule has 8 heteroatoms. The van der Waals surface area contributed by atoms with Gasteiger partial charge >= 0.3 is 5.00 Å². The van der Waals surface area contributed by atoms with E-state index in [9.17, 15) is 14.9 Å². The lowest BCUT2D eigenvalue weighted by molar-refractivity contribution is -0.380. The number of nitrogens with one attached hydrogen (secondary N) is 2. The van der Waals surface area contributed by atoms with Gasteiger partial charge in [-0.2, -0.15) is 0 Å². The van der Waals surface area contributed by atoms with Gasteiger partial charge in [0.15, 0.2) is 5.13 Å². The monoisotopic (exact) mass is 334 g/mol. The molecule has 0 aliphatic rings. The van der Waals surface area contributed by atoms with Crippen LogP contribution in [0.4, 0.5) is 15.8 Å². The molecule has 0 radical (unpaired) electrons. The Labute approximate surface area is 137 Å². The van der Waals surface area contributed by atoms with Gasteiger partial charge in [0.1, 0.15) is 6.20 Å². The molecule has 2 rings (SSSR count). The maximum atomic E-state index is 12.4. The molecule has 0 fully saturated rings. The molecule has 1 aromatic carbocycles. The lowest BCUT2D eigenvalue weighted by Gasteiger charge is -2.10. The number of thiazole rings is 1. The van der Waals surface area contributed by atoms with Gasteiger partial charge in [-0.15, -0.1) is 0 Å². The van der Waals surface area contributed by atoms with Gasteiger partial charge in [-0.1, -0.05) is 19.4 Å². The zero-order valence-electron chi connectivity index (χ0n) is 13.0. The summed E-state index contributed by atoms with van der Waals surface area (Å²) in [7, 11) is 0. The number of carbonyl (C=O) groups excluding carboxylic acids is 1. The molecule has 2 aromatic rings. The van der Waals surface area contributed by atoms with E-state index in [0.717, 1.165) is 48.2 Å². The Balaban J connectivity index is 2.10.